The molecular weight excluding hydrogens is 331 g/mol. The molecule has 2 aromatic rings. The molecule has 8 heteroatoms. The van der Waals surface area contributed by atoms with Crippen LogP contribution in [0, 0.1) is 5.82 Å². The number of hydrogen-bond acceptors (Lipinski definition) is 4. The van der Waals surface area contributed by atoms with E-state index in [1.165, 1.54) is 35.1 Å². The lowest BCUT2D eigenvalue weighted by atomic mass is 10.1. The van der Waals surface area contributed by atoms with Crippen molar-refractivity contribution in [2.75, 3.05) is 12.8 Å². The predicted molar refractivity (Wildman–Crippen MR) is 88.3 cm³/mol. The van der Waals surface area contributed by atoms with Gasteiger partial charge in [-0.25, -0.2) is 9.37 Å². The highest BCUT2D eigenvalue weighted by molar-refractivity contribution is 7.98. The van der Waals surface area contributed by atoms with Crippen LogP contribution in [0.4, 0.5) is 4.39 Å². The highest BCUT2D eigenvalue weighted by Gasteiger charge is 2.23. The third-order valence-electron chi connectivity index (χ3n) is 3.79. The molecule has 1 aromatic carbocycles. The van der Waals surface area contributed by atoms with Crippen LogP contribution in [0.15, 0.2) is 35.6 Å². The zero-order chi connectivity index (χ0) is 17.1. The van der Waals surface area contributed by atoms with Crippen molar-refractivity contribution in [2.24, 2.45) is 0 Å². The van der Waals surface area contributed by atoms with Gasteiger partial charge in [-0.3, -0.25) is 24.6 Å². The van der Waals surface area contributed by atoms with Crippen LogP contribution in [0.5, 0.6) is 0 Å². The molecule has 1 saturated heterocycles. The van der Waals surface area contributed by atoms with E-state index >= 15 is 0 Å². The second-order valence-corrected chi connectivity index (χ2v) is 6.16. The number of nitrogens with one attached hydrogen (secondary N) is 1. The number of halogens is 1. The van der Waals surface area contributed by atoms with Crippen LogP contribution in [0.2, 0.25) is 0 Å². The number of hydrazine groups is 1. The molecule has 0 aliphatic carbocycles. The Balaban J connectivity index is 1.90. The second kappa shape index (κ2) is 7.04. The summed E-state index contributed by atoms with van der Waals surface area (Å²) in [6, 6.07) is 5.82. The summed E-state index contributed by atoms with van der Waals surface area (Å²) in [7, 11) is 0. The quantitative estimate of drug-likeness (QED) is 0.862. The smallest absolute Gasteiger partial charge is 0.283 e. The lowest BCUT2D eigenvalue weighted by Crippen LogP contribution is -2.48. The van der Waals surface area contributed by atoms with Gasteiger partial charge >= 0.3 is 0 Å². The van der Waals surface area contributed by atoms with Crippen molar-refractivity contribution < 1.29 is 14.0 Å². The first-order valence-electron chi connectivity index (χ1n) is 7.59. The van der Waals surface area contributed by atoms with E-state index < -0.39 is 5.91 Å². The minimum absolute atomic E-state index is 0.0902. The molecule has 1 aliphatic rings. The van der Waals surface area contributed by atoms with Gasteiger partial charge in [-0.05, 0) is 43.4 Å². The summed E-state index contributed by atoms with van der Waals surface area (Å²) in [6.07, 6.45) is 5.44. The molecule has 24 heavy (non-hydrogen) atoms. The SMILES string of the molecule is CSc1ncc(C(=O)NN2CCCCC2=O)n1-c1ccc(F)cc1. The molecule has 0 bridgehead atoms. The Kier molecular flexibility index (Phi) is 4.84. The first-order valence-corrected chi connectivity index (χ1v) is 8.81. The first kappa shape index (κ1) is 16.5. The maximum absolute atomic E-state index is 13.2. The first-order chi connectivity index (χ1) is 11.6. The number of piperidine rings is 1. The summed E-state index contributed by atoms with van der Waals surface area (Å²) in [6.45, 7) is 0.505. The molecule has 1 aromatic heterocycles. The molecule has 0 spiro atoms. The van der Waals surface area contributed by atoms with Crippen LogP contribution in [-0.4, -0.2) is 39.2 Å². The van der Waals surface area contributed by atoms with Gasteiger partial charge in [0.05, 0.1) is 6.20 Å². The van der Waals surface area contributed by atoms with Gasteiger partial charge in [0.15, 0.2) is 5.16 Å². The van der Waals surface area contributed by atoms with Gasteiger partial charge in [0.25, 0.3) is 5.91 Å². The van der Waals surface area contributed by atoms with Crippen molar-refractivity contribution in [1.82, 2.24) is 20.0 Å². The molecular formula is C16H17FN4O2S. The Labute approximate surface area is 143 Å². The minimum atomic E-state index is -0.414. The van der Waals surface area contributed by atoms with E-state index in [1.807, 2.05) is 6.26 Å². The molecule has 1 fully saturated rings. The summed E-state index contributed by atoms with van der Waals surface area (Å²) in [4.78, 5) is 28.7. The van der Waals surface area contributed by atoms with Crippen molar-refractivity contribution in [3.8, 4) is 5.69 Å². The summed E-state index contributed by atoms with van der Waals surface area (Å²) in [5.41, 5.74) is 3.57. The predicted octanol–water partition coefficient (Wildman–Crippen LogP) is 2.39. The third-order valence-corrected chi connectivity index (χ3v) is 4.44. The number of imidazole rings is 1. The average molecular weight is 348 g/mol. The number of carbonyl (C=O) groups excluding carboxylic acids is 2. The topological polar surface area (TPSA) is 67.2 Å². The van der Waals surface area contributed by atoms with Crippen LogP contribution >= 0.6 is 11.8 Å². The van der Waals surface area contributed by atoms with Crippen LogP contribution in [-0.2, 0) is 4.79 Å². The van der Waals surface area contributed by atoms with Gasteiger partial charge in [-0.2, -0.15) is 0 Å². The van der Waals surface area contributed by atoms with Gasteiger partial charge in [-0.1, -0.05) is 11.8 Å². The third kappa shape index (κ3) is 3.28. The van der Waals surface area contributed by atoms with Crippen molar-refractivity contribution >= 4 is 23.6 Å². The number of aromatic nitrogens is 2. The molecule has 0 unspecified atom stereocenters. The van der Waals surface area contributed by atoms with Crippen molar-refractivity contribution in [1.29, 1.82) is 0 Å². The van der Waals surface area contributed by atoms with E-state index in [9.17, 15) is 14.0 Å². The van der Waals surface area contributed by atoms with Crippen LogP contribution in [0.3, 0.4) is 0 Å². The zero-order valence-corrected chi connectivity index (χ0v) is 14.0. The minimum Gasteiger partial charge on any atom is -0.283 e. The largest absolute Gasteiger partial charge is 0.288 e. The van der Waals surface area contributed by atoms with E-state index in [0.717, 1.165) is 12.8 Å². The lowest BCUT2D eigenvalue weighted by Gasteiger charge is -2.27. The Morgan fingerprint density at radius 3 is 2.71 bits per heavy atom. The molecule has 0 saturated carbocycles. The van der Waals surface area contributed by atoms with Crippen molar-refractivity contribution in [3.05, 3.63) is 42.0 Å². The number of thioether (sulfide) groups is 1. The monoisotopic (exact) mass is 348 g/mol. The maximum Gasteiger partial charge on any atom is 0.288 e. The Bertz CT molecular complexity index is 760. The number of rotatable bonds is 4. The summed E-state index contributed by atoms with van der Waals surface area (Å²) >= 11 is 1.38. The lowest BCUT2D eigenvalue weighted by molar-refractivity contribution is -0.135. The highest BCUT2D eigenvalue weighted by atomic mass is 32.2. The molecule has 2 heterocycles. The summed E-state index contributed by atoms with van der Waals surface area (Å²) in [5.74, 6) is -0.857. The average Bonchev–Trinajstić information content (AvgIpc) is 3.02. The van der Waals surface area contributed by atoms with Gasteiger partial charge < -0.3 is 0 Å². The second-order valence-electron chi connectivity index (χ2n) is 5.39. The van der Waals surface area contributed by atoms with E-state index in [0.29, 0.717) is 29.5 Å². The Morgan fingerprint density at radius 2 is 2.04 bits per heavy atom. The van der Waals surface area contributed by atoms with Crippen LogP contribution in [0.1, 0.15) is 29.8 Å². The standard InChI is InChI=1S/C16H17FN4O2S/c1-24-16-18-10-13(21(16)12-7-5-11(17)6-8-12)15(23)19-20-9-3-2-4-14(20)22/h5-8,10H,2-4,9H2,1H3,(H,19,23). The normalized spacial score (nSPS) is 14.8. The van der Waals surface area contributed by atoms with Crippen molar-refractivity contribution in [3.63, 3.8) is 0 Å². The molecule has 1 N–H and O–H groups in total. The molecule has 0 radical (unpaired) electrons. The van der Waals surface area contributed by atoms with Gasteiger partial charge in [0.1, 0.15) is 11.5 Å². The molecule has 1 aliphatic heterocycles. The Hall–Kier alpha value is -2.35. The zero-order valence-electron chi connectivity index (χ0n) is 13.2. The van der Waals surface area contributed by atoms with Gasteiger partial charge in [-0.15, -0.1) is 0 Å². The van der Waals surface area contributed by atoms with E-state index in [2.05, 4.69) is 10.4 Å². The van der Waals surface area contributed by atoms with E-state index in [-0.39, 0.29) is 11.7 Å². The molecule has 126 valence electrons. The van der Waals surface area contributed by atoms with E-state index in [4.69, 9.17) is 0 Å². The summed E-state index contributed by atoms with van der Waals surface area (Å²) in [5, 5.41) is 1.96. The molecule has 3 rings (SSSR count). The van der Waals surface area contributed by atoms with Crippen molar-refractivity contribution in [2.45, 2.75) is 24.4 Å². The van der Waals surface area contributed by atoms with E-state index in [1.54, 1.807) is 16.7 Å². The maximum atomic E-state index is 13.2. The number of carbonyl (C=O) groups is 2. The fourth-order valence-electron chi connectivity index (χ4n) is 2.58. The Morgan fingerprint density at radius 1 is 1.29 bits per heavy atom. The number of hydrogen-bond donors (Lipinski definition) is 1. The number of nitrogens with zero attached hydrogens (tertiary/aromatic N) is 3. The summed E-state index contributed by atoms with van der Waals surface area (Å²) < 4.78 is 14.8. The number of benzene rings is 1. The van der Waals surface area contributed by atoms with Crippen LogP contribution in [0.25, 0.3) is 5.69 Å². The fraction of sp³-hybridized carbons (Fsp3) is 0.312. The molecule has 6 nitrogen and oxygen atoms in total. The molecule has 2 amide bonds. The highest BCUT2D eigenvalue weighted by Crippen LogP contribution is 2.22. The number of amides is 2. The fourth-order valence-corrected chi connectivity index (χ4v) is 3.13. The molecule has 0 atom stereocenters. The van der Waals surface area contributed by atoms with Gasteiger partial charge in [0, 0.05) is 18.7 Å². The van der Waals surface area contributed by atoms with Gasteiger partial charge in [0.2, 0.25) is 5.91 Å². The van der Waals surface area contributed by atoms with Crippen LogP contribution < -0.4 is 5.43 Å².